The molecule has 1 unspecified atom stereocenters. The maximum atomic E-state index is 12.7. The molecule has 1 atom stereocenters. The van der Waals surface area contributed by atoms with Crippen LogP contribution in [-0.4, -0.2) is 19.3 Å². The Hall–Kier alpha value is -1.23. The second-order valence-corrected chi connectivity index (χ2v) is 6.03. The molecule has 0 spiro atoms. The number of ether oxygens (including phenoxy) is 1. The molecule has 0 saturated carbocycles. The maximum absolute atomic E-state index is 12.7. The van der Waals surface area contributed by atoms with E-state index in [2.05, 4.69) is 0 Å². The Bertz CT molecular complexity index is 449. The quantitative estimate of drug-likeness (QED) is 0.914. The molecule has 1 aromatic rings. The van der Waals surface area contributed by atoms with Gasteiger partial charge in [-0.15, -0.1) is 0 Å². The number of benzene rings is 1. The third-order valence-corrected chi connectivity index (χ3v) is 3.13. The molecule has 0 fully saturated rings. The largest absolute Gasteiger partial charge is 0.493 e. The van der Waals surface area contributed by atoms with Gasteiger partial charge in [0.1, 0.15) is 18.3 Å². The van der Waals surface area contributed by atoms with Crippen LogP contribution in [0.2, 0.25) is 0 Å². The van der Waals surface area contributed by atoms with Gasteiger partial charge in [0.05, 0.1) is 0 Å². The molecule has 0 aliphatic carbocycles. The molecule has 0 aromatic heterocycles. The first-order valence-corrected chi connectivity index (χ1v) is 6.56. The van der Waals surface area contributed by atoms with Gasteiger partial charge in [-0.3, -0.25) is 0 Å². The molecule has 114 valence electrons. The third kappa shape index (κ3) is 4.40. The standard InChI is InChI=1S/C15H22F3NO/c1-10-5-6-12(14(2,3)4)13(7-10)20-9-11(8-19)15(16,17)18/h5-7,11H,8-9,19H2,1-4H3. The molecule has 1 rings (SSSR count). The van der Waals surface area contributed by atoms with Crippen molar-refractivity contribution in [3.63, 3.8) is 0 Å². The summed E-state index contributed by atoms with van der Waals surface area (Å²) < 4.78 is 43.5. The zero-order valence-corrected chi connectivity index (χ0v) is 12.3. The Morgan fingerprint density at radius 1 is 1.20 bits per heavy atom. The lowest BCUT2D eigenvalue weighted by atomic mass is 9.86. The van der Waals surface area contributed by atoms with Crippen molar-refractivity contribution in [3.05, 3.63) is 29.3 Å². The second kappa shape index (κ2) is 6.04. The van der Waals surface area contributed by atoms with Gasteiger partial charge in [-0.2, -0.15) is 13.2 Å². The van der Waals surface area contributed by atoms with Crippen molar-refractivity contribution < 1.29 is 17.9 Å². The van der Waals surface area contributed by atoms with E-state index in [1.165, 1.54) is 0 Å². The molecule has 2 nitrogen and oxygen atoms in total. The Labute approximate surface area is 118 Å². The van der Waals surface area contributed by atoms with Crippen molar-refractivity contribution in [1.82, 2.24) is 0 Å². The summed E-state index contributed by atoms with van der Waals surface area (Å²) in [5.74, 6) is -1.14. The Morgan fingerprint density at radius 2 is 1.80 bits per heavy atom. The van der Waals surface area contributed by atoms with E-state index in [1.807, 2.05) is 39.8 Å². The highest BCUT2D eigenvalue weighted by atomic mass is 19.4. The average Bonchev–Trinajstić information content (AvgIpc) is 2.26. The Morgan fingerprint density at radius 3 is 2.25 bits per heavy atom. The van der Waals surface area contributed by atoms with Crippen LogP contribution in [0, 0.1) is 12.8 Å². The molecular formula is C15H22F3NO. The Balaban J connectivity index is 2.95. The normalized spacial score (nSPS) is 14.2. The summed E-state index contributed by atoms with van der Waals surface area (Å²) >= 11 is 0. The molecule has 20 heavy (non-hydrogen) atoms. The average molecular weight is 289 g/mol. The van der Waals surface area contributed by atoms with Gasteiger partial charge in [-0.05, 0) is 29.5 Å². The van der Waals surface area contributed by atoms with Crippen molar-refractivity contribution in [2.24, 2.45) is 11.7 Å². The minimum atomic E-state index is -4.33. The first kappa shape index (κ1) is 16.8. The predicted octanol–water partition coefficient (Wildman–Crippen LogP) is 3.81. The van der Waals surface area contributed by atoms with Crippen LogP contribution in [0.25, 0.3) is 0 Å². The number of aryl methyl sites for hydroxylation is 1. The van der Waals surface area contributed by atoms with Gasteiger partial charge in [0.25, 0.3) is 0 Å². The third-order valence-electron chi connectivity index (χ3n) is 3.13. The highest BCUT2D eigenvalue weighted by molar-refractivity contribution is 5.41. The monoisotopic (exact) mass is 289 g/mol. The van der Waals surface area contributed by atoms with Crippen LogP contribution in [0.3, 0.4) is 0 Å². The second-order valence-electron chi connectivity index (χ2n) is 6.03. The first-order chi connectivity index (χ1) is 9.05. The smallest absolute Gasteiger partial charge is 0.396 e. The predicted molar refractivity (Wildman–Crippen MR) is 74.0 cm³/mol. The lowest BCUT2D eigenvalue weighted by molar-refractivity contribution is -0.178. The highest BCUT2D eigenvalue weighted by Crippen LogP contribution is 2.33. The van der Waals surface area contributed by atoms with Gasteiger partial charge >= 0.3 is 6.18 Å². The molecule has 2 N–H and O–H groups in total. The van der Waals surface area contributed by atoms with Crippen LogP contribution in [0.4, 0.5) is 13.2 Å². The van der Waals surface area contributed by atoms with Crippen molar-refractivity contribution >= 4 is 0 Å². The molecule has 0 radical (unpaired) electrons. The van der Waals surface area contributed by atoms with E-state index < -0.39 is 25.2 Å². The fourth-order valence-electron chi connectivity index (χ4n) is 1.86. The number of nitrogens with two attached hydrogens (primary N) is 1. The molecule has 1 aromatic carbocycles. The highest BCUT2D eigenvalue weighted by Gasteiger charge is 2.39. The van der Waals surface area contributed by atoms with E-state index in [-0.39, 0.29) is 5.41 Å². The summed E-state index contributed by atoms with van der Waals surface area (Å²) in [4.78, 5) is 0. The summed E-state index contributed by atoms with van der Waals surface area (Å²) in [6, 6.07) is 5.60. The molecule has 0 heterocycles. The number of halogens is 3. The number of rotatable bonds is 4. The lowest BCUT2D eigenvalue weighted by Gasteiger charge is -2.25. The van der Waals surface area contributed by atoms with Crippen LogP contribution in [0.5, 0.6) is 5.75 Å². The molecular weight excluding hydrogens is 267 g/mol. The minimum Gasteiger partial charge on any atom is -0.493 e. The van der Waals surface area contributed by atoms with Gasteiger partial charge in [0, 0.05) is 6.54 Å². The fourth-order valence-corrected chi connectivity index (χ4v) is 1.86. The van der Waals surface area contributed by atoms with E-state index in [4.69, 9.17) is 10.5 Å². The van der Waals surface area contributed by atoms with Crippen LogP contribution in [0.1, 0.15) is 31.9 Å². The van der Waals surface area contributed by atoms with Gasteiger partial charge < -0.3 is 10.5 Å². The zero-order chi connectivity index (χ0) is 15.6. The van der Waals surface area contributed by atoms with Gasteiger partial charge in [0.15, 0.2) is 0 Å². The van der Waals surface area contributed by atoms with Gasteiger partial charge in [0.2, 0.25) is 0 Å². The fraction of sp³-hybridized carbons (Fsp3) is 0.600. The van der Waals surface area contributed by atoms with E-state index >= 15 is 0 Å². The number of hydrogen-bond acceptors (Lipinski definition) is 2. The van der Waals surface area contributed by atoms with Crippen molar-refractivity contribution in [3.8, 4) is 5.75 Å². The molecule has 0 aliphatic rings. The van der Waals surface area contributed by atoms with E-state index in [0.29, 0.717) is 5.75 Å². The molecule has 0 amide bonds. The molecule has 0 saturated heterocycles. The summed E-state index contributed by atoms with van der Waals surface area (Å²) in [6.45, 7) is 6.94. The zero-order valence-electron chi connectivity index (χ0n) is 12.3. The van der Waals surface area contributed by atoms with Crippen molar-refractivity contribution in [2.75, 3.05) is 13.2 Å². The SMILES string of the molecule is Cc1ccc(C(C)(C)C)c(OCC(CN)C(F)(F)F)c1. The summed E-state index contributed by atoms with van der Waals surface area (Å²) in [5.41, 5.74) is 6.82. The molecule has 5 heteroatoms. The topological polar surface area (TPSA) is 35.2 Å². The first-order valence-electron chi connectivity index (χ1n) is 6.56. The summed E-state index contributed by atoms with van der Waals surface area (Å²) in [5, 5.41) is 0. The van der Waals surface area contributed by atoms with Crippen molar-refractivity contribution in [1.29, 1.82) is 0 Å². The van der Waals surface area contributed by atoms with Gasteiger partial charge in [-0.25, -0.2) is 0 Å². The van der Waals surface area contributed by atoms with E-state index in [0.717, 1.165) is 11.1 Å². The van der Waals surface area contributed by atoms with Gasteiger partial charge in [-0.1, -0.05) is 32.9 Å². The van der Waals surface area contributed by atoms with Crippen LogP contribution < -0.4 is 10.5 Å². The van der Waals surface area contributed by atoms with Crippen molar-refractivity contribution in [2.45, 2.75) is 39.3 Å². The minimum absolute atomic E-state index is 0.195. The van der Waals surface area contributed by atoms with Crippen LogP contribution in [0.15, 0.2) is 18.2 Å². The van der Waals surface area contributed by atoms with E-state index in [1.54, 1.807) is 6.07 Å². The lowest BCUT2D eigenvalue weighted by Crippen LogP contribution is -2.35. The summed E-state index contributed by atoms with van der Waals surface area (Å²) in [7, 11) is 0. The number of alkyl halides is 3. The molecule has 0 aliphatic heterocycles. The van der Waals surface area contributed by atoms with E-state index in [9.17, 15) is 13.2 Å². The number of hydrogen-bond donors (Lipinski definition) is 1. The maximum Gasteiger partial charge on any atom is 0.396 e. The Kier molecular flexibility index (Phi) is 5.08. The summed E-state index contributed by atoms with van der Waals surface area (Å²) in [6.07, 6.45) is -4.33. The molecule has 0 bridgehead atoms. The van der Waals surface area contributed by atoms with Crippen LogP contribution in [-0.2, 0) is 5.41 Å². The van der Waals surface area contributed by atoms with Crippen LogP contribution >= 0.6 is 0 Å².